The van der Waals surface area contributed by atoms with Crippen molar-refractivity contribution in [2.45, 2.75) is 33.2 Å². The zero-order valence-corrected chi connectivity index (χ0v) is 11.6. The zero-order chi connectivity index (χ0) is 13.3. The van der Waals surface area contributed by atoms with Crippen molar-refractivity contribution in [3.63, 3.8) is 0 Å². The lowest BCUT2D eigenvalue weighted by molar-refractivity contribution is -0.131. The van der Waals surface area contributed by atoms with E-state index in [1.807, 2.05) is 20.8 Å². The van der Waals surface area contributed by atoms with Gasteiger partial charge in [-0.15, -0.1) is 11.3 Å². The smallest absolute Gasteiger partial charge is 0.242 e. The zero-order valence-electron chi connectivity index (χ0n) is 10.8. The van der Waals surface area contributed by atoms with Crippen molar-refractivity contribution in [2.24, 2.45) is 0 Å². The van der Waals surface area contributed by atoms with Gasteiger partial charge in [-0.25, -0.2) is 4.98 Å². The minimum Gasteiger partial charge on any atom is -0.347 e. The van der Waals surface area contributed by atoms with Crippen molar-refractivity contribution < 1.29 is 9.59 Å². The van der Waals surface area contributed by atoms with E-state index in [4.69, 9.17) is 0 Å². The number of aromatic nitrogens is 1. The molecule has 2 rings (SSSR count). The third-order valence-corrected chi connectivity index (χ3v) is 4.37. The Balaban J connectivity index is 2.21. The van der Waals surface area contributed by atoms with E-state index >= 15 is 0 Å². The maximum Gasteiger partial charge on any atom is 0.242 e. The molecule has 2 amide bonds. The van der Waals surface area contributed by atoms with Crippen LogP contribution in [0.2, 0.25) is 0 Å². The molecular weight excluding hydrogens is 250 g/mol. The Morgan fingerprint density at radius 3 is 2.72 bits per heavy atom. The quantitative estimate of drug-likeness (QED) is 0.875. The summed E-state index contributed by atoms with van der Waals surface area (Å²) in [6.45, 7) is 6.49. The van der Waals surface area contributed by atoms with E-state index in [1.54, 1.807) is 16.2 Å². The number of aryl methyl sites for hydroxylation is 2. The highest BCUT2D eigenvalue weighted by Crippen LogP contribution is 2.29. The summed E-state index contributed by atoms with van der Waals surface area (Å²) in [5.74, 6) is -0.0888. The molecule has 0 bridgehead atoms. The summed E-state index contributed by atoms with van der Waals surface area (Å²) >= 11 is 1.62. The van der Waals surface area contributed by atoms with Crippen LogP contribution in [0.1, 0.15) is 35.0 Å². The molecule has 1 aromatic heterocycles. The number of carbonyl (C=O) groups is 2. The highest BCUT2D eigenvalue weighted by atomic mass is 32.1. The molecule has 1 aliphatic rings. The largest absolute Gasteiger partial charge is 0.347 e. The topological polar surface area (TPSA) is 62.3 Å². The molecule has 18 heavy (non-hydrogen) atoms. The normalized spacial score (nSPS) is 18.5. The second-order valence-electron chi connectivity index (χ2n) is 4.47. The number of amides is 2. The van der Waals surface area contributed by atoms with Crippen LogP contribution in [0.15, 0.2) is 0 Å². The van der Waals surface area contributed by atoms with E-state index in [2.05, 4.69) is 10.3 Å². The maximum absolute atomic E-state index is 12.0. The Kier molecular flexibility index (Phi) is 3.65. The van der Waals surface area contributed by atoms with Gasteiger partial charge in [0.05, 0.1) is 23.3 Å². The predicted octanol–water partition coefficient (Wildman–Crippen LogP) is 1.17. The van der Waals surface area contributed by atoms with Crippen molar-refractivity contribution in [3.8, 4) is 0 Å². The number of nitrogens with zero attached hydrogens (tertiary/aromatic N) is 2. The van der Waals surface area contributed by atoms with Crippen LogP contribution >= 0.6 is 11.3 Å². The van der Waals surface area contributed by atoms with Crippen LogP contribution in [0.4, 0.5) is 0 Å². The molecular formula is C12H17N3O2S. The molecule has 1 aliphatic heterocycles. The van der Waals surface area contributed by atoms with Gasteiger partial charge in [-0.1, -0.05) is 0 Å². The molecule has 2 heterocycles. The number of rotatable bonds is 2. The minimum atomic E-state index is -0.0599. The van der Waals surface area contributed by atoms with Gasteiger partial charge >= 0.3 is 0 Å². The first-order chi connectivity index (χ1) is 8.49. The van der Waals surface area contributed by atoms with Crippen molar-refractivity contribution >= 4 is 23.2 Å². The van der Waals surface area contributed by atoms with E-state index in [0.717, 1.165) is 15.6 Å². The van der Waals surface area contributed by atoms with Crippen molar-refractivity contribution in [1.29, 1.82) is 0 Å². The molecule has 1 atom stereocenters. The predicted molar refractivity (Wildman–Crippen MR) is 69.3 cm³/mol. The van der Waals surface area contributed by atoms with Crippen LogP contribution in [0.3, 0.4) is 0 Å². The number of nitrogens with one attached hydrogen (secondary N) is 1. The fraction of sp³-hybridized carbons (Fsp3) is 0.583. The number of hydrogen-bond acceptors (Lipinski definition) is 4. The molecule has 0 saturated carbocycles. The first kappa shape index (κ1) is 13.0. The summed E-state index contributed by atoms with van der Waals surface area (Å²) in [4.78, 5) is 30.5. The molecule has 6 heteroatoms. The molecule has 0 radical (unpaired) electrons. The summed E-state index contributed by atoms with van der Waals surface area (Å²) < 4.78 is 0. The summed E-state index contributed by atoms with van der Waals surface area (Å²) in [5.41, 5.74) is 0.973. The molecule has 0 spiro atoms. The van der Waals surface area contributed by atoms with Gasteiger partial charge in [0, 0.05) is 17.8 Å². The Morgan fingerprint density at radius 2 is 2.11 bits per heavy atom. The van der Waals surface area contributed by atoms with E-state index < -0.39 is 0 Å². The third-order valence-electron chi connectivity index (χ3n) is 3.12. The lowest BCUT2D eigenvalue weighted by Crippen LogP contribution is -2.36. The summed E-state index contributed by atoms with van der Waals surface area (Å²) in [6, 6.07) is -0.0172. The van der Waals surface area contributed by atoms with Crippen LogP contribution in [0.5, 0.6) is 0 Å². The highest BCUT2D eigenvalue weighted by Gasteiger charge is 2.27. The van der Waals surface area contributed by atoms with Gasteiger partial charge in [0.15, 0.2) is 0 Å². The fourth-order valence-corrected chi connectivity index (χ4v) is 3.19. The molecule has 5 nitrogen and oxygen atoms in total. The second kappa shape index (κ2) is 5.06. The van der Waals surface area contributed by atoms with Crippen LogP contribution in [-0.4, -0.2) is 34.8 Å². The van der Waals surface area contributed by atoms with Crippen LogP contribution in [0.25, 0.3) is 0 Å². The van der Waals surface area contributed by atoms with Gasteiger partial charge in [-0.3, -0.25) is 9.59 Å². The van der Waals surface area contributed by atoms with E-state index in [-0.39, 0.29) is 24.4 Å². The van der Waals surface area contributed by atoms with Crippen LogP contribution in [0, 0.1) is 13.8 Å². The third kappa shape index (κ3) is 2.53. The van der Waals surface area contributed by atoms with Crippen LogP contribution < -0.4 is 5.32 Å². The molecule has 1 unspecified atom stereocenters. The van der Waals surface area contributed by atoms with Crippen LogP contribution in [-0.2, 0) is 9.59 Å². The van der Waals surface area contributed by atoms with Crippen molar-refractivity contribution in [3.05, 3.63) is 15.6 Å². The Hall–Kier alpha value is -1.43. The fourth-order valence-electron chi connectivity index (χ4n) is 2.20. The lowest BCUT2D eigenvalue weighted by atomic mass is 10.2. The van der Waals surface area contributed by atoms with E-state index in [9.17, 15) is 9.59 Å². The second-order valence-corrected chi connectivity index (χ2v) is 5.71. The van der Waals surface area contributed by atoms with Gasteiger partial charge in [0.1, 0.15) is 0 Å². The summed E-state index contributed by atoms with van der Waals surface area (Å²) in [5, 5.41) is 3.61. The van der Waals surface area contributed by atoms with Gasteiger partial charge in [0.25, 0.3) is 0 Å². The van der Waals surface area contributed by atoms with E-state index in [0.29, 0.717) is 13.0 Å². The standard InChI is InChI=1S/C12H17N3O2S/c1-7-12(18-9(3)14-7)8(2)15-5-4-10(16)13-6-11(15)17/h8H,4-6H2,1-3H3,(H,13,16). The Bertz CT molecular complexity index is 484. The highest BCUT2D eigenvalue weighted by molar-refractivity contribution is 7.11. The Morgan fingerprint density at radius 1 is 1.39 bits per heavy atom. The van der Waals surface area contributed by atoms with E-state index in [1.165, 1.54) is 0 Å². The number of carbonyl (C=O) groups excluding carboxylic acids is 2. The van der Waals surface area contributed by atoms with Gasteiger partial charge in [0.2, 0.25) is 11.8 Å². The average Bonchev–Trinajstić information content (AvgIpc) is 2.55. The van der Waals surface area contributed by atoms with Gasteiger partial charge in [-0.05, 0) is 20.8 Å². The molecule has 0 aromatic carbocycles. The average molecular weight is 267 g/mol. The number of thiazole rings is 1. The van der Waals surface area contributed by atoms with Crippen molar-refractivity contribution in [2.75, 3.05) is 13.1 Å². The number of hydrogen-bond donors (Lipinski definition) is 1. The maximum atomic E-state index is 12.0. The van der Waals surface area contributed by atoms with Gasteiger partial charge < -0.3 is 10.2 Å². The summed E-state index contributed by atoms with van der Waals surface area (Å²) in [7, 11) is 0. The molecule has 1 fully saturated rings. The monoisotopic (exact) mass is 267 g/mol. The molecule has 98 valence electrons. The first-order valence-electron chi connectivity index (χ1n) is 5.99. The lowest BCUT2D eigenvalue weighted by Gasteiger charge is -2.26. The SMILES string of the molecule is Cc1nc(C)c(C(C)N2CCC(=O)NCC2=O)s1. The Labute approximate surface area is 110 Å². The molecule has 0 aliphatic carbocycles. The molecule has 1 N–H and O–H groups in total. The minimum absolute atomic E-state index is 0.0172. The molecule has 1 saturated heterocycles. The molecule has 1 aromatic rings. The van der Waals surface area contributed by atoms with Crippen molar-refractivity contribution in [1.82, 2.24) is 15.2 Å². The summed E-state index contributed by atoms with van der Waals surface area (Å²) in [6.07, 6.45) is 0.368. The first-order valence-corrected chi connectivity index (χ1v) is 6.80. The van der Waals surface area contributed by atoms with Gasteiger partial charge in [-0.2, -0.15) is 0 Å².